The fourth-order valence-corrected chi connectivity index (χ4v) is 1.44. The first-order chi connectivity index (χ1) is 7.56. The Hall–Kier alpha value is -1.13. The highest BCUT2D eigenvalue weighted by Crippen LogP contribution is 2.11. The van der Waals surface area contributed by atoms with Gasteiger partial charge >= 0.3 is 0 Å². The molecule has 5 heteroatoms. The van der Waals surface area contributed by atoms with E-state index in [9.17, 15) is 4.79 Å². The molecule has 0 aromatic carbocycles. The maximum absolute atomic E-state index is 11.7. The van der Waals surface area contributed by atoms with E-state index in [0.29, 0.717) is 10.7 Å². The smallest absolute Gasteiger partial charge is 0.251 e. The van der Waals surface area contributed by atoms with Crippen LogP contribution in [0.15, 0.2) is 12.1 Å². The van der Waals surface area contributed by atoms with Gasteiger partial charge in [0.15, 0.2) is 0 Å². The molecule has 0 saturated heterocycles. The van der Waals surface area contributed by atoms with Crippen LogP contribution in [0.4, 0.5) is 0 Å². The molecule has 0 fully saturated rings. The number of nitrogens with one attached hydrogen (secondary N) is 1. The normalized spacial score (nSPS) is 12.2. The lowest BCUT2D eigenvalue weighted by Crippen LogP contribution is -2.35. The zero-order valence-corrected chi connectivity index (χ0v) is 10.1. The molecule has 88 valence electrons. The van der Waals surface area contributed by atoms with Gasteiger partial charge in [-0.3, -0.25) is 4.79 Å². The Morgan fingerprint density at radius 2 is 2.31 bits per heavy atom. The molecule has 0 aliphatic rings. The molecular weight excluding hydrogens is 228 g/mol. The lowest BCUT2D eigenvalue weighted by Gasteiger charge is -2.11. The molecule has 4 nitrogen and oxygen atoms in total. The number of aliphatic hydroxyl groups excluding tert-OH is 1. The summed E-state index contributed by atoms with van der Waals surface area (Å²) in [7, 11) is 0. The predicted octanol–water partition coefficient (Wildman–Crippen LogP) is 1.41. The minimum absolute atomic E-state index is 0.0921. The number of aromatic nitrogens is 1. The van der Waals surface area contributed by atoms with E-state index in [1.165, 1.54) is 6.07 Å². The number of rotatable bonds is 4. The molecule has 1 atom stereocenters. The van der Waals surface area contributed by atoms with Gasteiger partial charge in [-0.05, 0) is 25.5 Å². The highest BCUT2D eigenvalue weighted by molar-refractivity contribution is 6.29. The van der Waals surface area contributed by atoms with Crippen molar-refractivity contribution in [3.05, 3.63) is 28.5 Å². The molecule has 1 aromatic rings. The van der Waals surface area contributed by atoms with E-state index in [-0.39, 0.29) is 18.6 Å². The van der Waals surface area contributed by atoms with Crippen LogP contribution in [0.1, 0.15) is 29.9 Å². The average Bonchev–Trinajstić information content (AvgIpc) is 2.27. The quantitative estimate of drug-likeness (QED) is 0.785. The van der Waals surface area contributed by atoms with Crippen LogP contribution in [0.3, 0.4) is 0 Å². The number of amides is 1. The number of carbonyl (C=O) groups excluding carboxylic acids is 1. The van der Waals surface area contributed by atoms with E-state index in [1.54, 1.807) is 13.0 Å². The molecule has 0 spiro atoms. The second-order valence-corrected chi connectivity index (χ2v) is 3.97. The summed E-state index contributed by atoms with van der Waals surface area (Å²) in [6, 6.07) is 2.94. The van der Waals surface area contributed by atoms with Crippen LogP contribution in [0, 0.1) is 0 Å². The third kappa shape index (κ3) is 3.47. The number of hydrogen-bond donors (Lipinski definition) is 2. The predicted molar refractivity (Wildman–Crippen MR) is 62.6 cm³/mol. The van der Waals surface area contributed by atoms with Gasteiger partial charge in [-0.1, -0.05) is 18.5 Å². The van der Waals surface area contributed by atoms with E-state index < -0.39 is 0 Å². The summed E-state index contributed by atoms with van der Waals surface area (Å²) >= 11 is 5.80. The van der Waals surface area contributed by atoms with Crippen molar-refractivity contribution in [2.75, 3.05) is 6.61 Å². The van der Waals surface area contributed by atoms with Crippen LogP contribution in [0.25, 0.3) is 0 Å². The third-order valence-electron chi connectivity index (χ3n) is 2.12. The van der Waals surface area contributed by atoms with Crippen molar-refractivity contribution in [3.8, 4) is 0 Å². The van der Waals surface area contributed by atoms with Crippen molar-refractivity contribution in [1.82, 2.24) is 10.3 Å². The number of aryl methyl sites for hydroxylation is 1. The molecule has 0 aliphatic heterocycles. The minimum Gasteiger partial charge on any atom is -0.394 e. The molecule has 0 saturated carbocycles. The summed E-state index contributed by atoms with van der Waals surface area (Å²) in [5.74, 6) is -0.249. The summed E-state index contributed by atoms with van der Waals surface area (Å²) in [4.78, 5) is 15.8. The van der Waals surface area contributed by atoms with E-state index >= 15 is 0 Å². The van der Waals surface area contributed by atoms with E-state index in [2.05, 4.69) is 10.3 Å². The van der Waals surface area contributed by atoms with E-state index in [0.717, 1.165) is 12.1 Å². The van der Waals surface area contributed by atoms with Crippen LogP contribution < -0.4 is 5.32 Å². The van der Waals surface area contributed by atoms with Crippen molar-refractivity contribution in [1.29, 1.82) is 0 Å². The zero-order valence-electron chi connectivity index (χ0n) is 9.33. The van der Waals surface area contributed by atoms with Crippen LogP contribution in [-0.2, 0) is 6.42 Å². The lowest BCUT2D eigenvalue weighted by molar-refractivity contribution is 0.0922. The van der Waals surface area contributed by atoms with E-state index in [1.807, 2.05) is 6.92 Å². The second-order valence-electron chi connectivity index (χ2n) is 3.58. The number of hydrogen-bond acceptors (Lipinski definition) is 3. The Bertz CT molecular complexity index is 382. The molecule has 1 aromatic heterocycles. The summed E-state index contributed by atoms with van der Waals surface area (Å²) in [5, 5.41) is 11.8. The number of carbonyl (C=O) groups is 1. The Kier molecular flexibility index (Phi) is 4.71. The van der Waals surface area contributed by atoms with Crippen LogP contribution in [0.5, 0.6) is 0 Å². The van der Waals surface area contributed by atoms with Crippen molar-refractivity contribution in [3.63, 3.8) is 0 Å². The van der Waals surface area contributed by atoms with Gasteiger partial charge in [-0.15, -0.1) is 0 Å². The molecule has 1 rings (SSSR count). The summed E-state index contributed by atoms with van der Waals surface area (Å²) in [5.41, 5.74) is 1.24. The number of aliphatic hydroxyl groups is 1. The molecule has 1 heterocycles. The average molecular weight is 243 g/mol. The highest BCUT2D eigenvalue weighted by Gasteiger charge is 2.11. The van der Waals surface area contributed by atoms with Gasteiger partial charge in [0.2, 0.25) is 0 Å². The van der Waals surface area contributed by atoms with Crippen molar-refractivity contribution >= 4 is 17.5 Å². The molecule has 0 radical (unpaired) electrons. The molecule has 0 aliphatic carbocycles. The maximum atomic E-state index is 11.7. The monoisotopic (exact) mass is 242 g/mol. The first-order valence-corrected chi connectivity index (χ1v) is 5.52. The molecule has 2 N–H and O–H groups in total. The van der Waals surface area contributed by atoms with Gasteiger partial charge in [0.1, 0.15) is 5.15 Å². The van der Waals surface area contributed by atoms with Crippen LogP contribution in [-0.4, -0.2) is 28.6 Å². The standard InChI is InChI=1S/C11H15ClN2O2/c1-3-9-4-8(5-10(12)14-9)11(16)13-7(2)6-15/h4-5,7,15H,3,6H2,1-2H3,(H,13,16). The largest absolute Gasteiger partial charge is 0.394 e. The highest BCUT2D eigenvalue weighted by atomic mass is 35.5. The Morgan fingerprint density at radius 3 is 2.88 bits per heavy atom. The van der Waals surface area contributed by atoms with Gasteiger partial charge in [0, 0.05) is 17.3 Å². The minimum atomic E-state index is -0.274. The van der Waals surface area contributed by atoms with Crippen molar-refractivity contribution in [2.24, 2.45) is 0 Å². The SMILES string of the molecule is CCc1cc(C(=O)NC(C)CO)cc(Cl)n1. The fraction of sp³-hybridized carbons (Fsp3) is 0.455. The topological polar surface area (TPSA) is 62.2 Å². The Balaban J connectivity index is 2.86. The summed E-state index contributed by atoms with van der Waals surface area (Å²) < 4.78 is 0. The maximum Gasteiger partial charge on any atom is 0.251 e. The van der Waals surface area contributed by atoms with Crippen LogP contribution >= 0.6 is 11.6 Å². The number of pyridine rings is 1. The first kappa shape index (κ1) is 12.9. The summed E-state index contributed by atoms with van der Waals surface area (Å²) in [6.07, 6.45) is 0.719. The summed E-state index contributed by atoms with van der Waals surface area (Å²) in [6.45, 7) is 3.57. The molecule has 1 amide bonds. The lowest BCUT2D eigenvalue weighted by atomic mass is 10.2. The first-order valence-electron chi connectivity index (χ1n) is 5.15. The van der Waals surface area contributed by atoms with Gasteiger partial charge in [0.25, 0.3) is 5.91 Å². The fourth-order valence-electron chi connectivity index (χ4n) is 1.22. The van der Waals surface area contributed by atoms with Crippen molar-refractivity contribution < 1.29 is 9.90 Å². The third-order valence-corrected chi connectivity index (χ3v) is 2.32. The van der Waals surface area contributed by atoms with Gasteiger partial charge in [-0.25, -0.2) is 4.98 Å². The number of halogens is 1. The Morgan fingerprint density at radius 1 is 1.62 bits per heavy atom. The molecule has 16 heavy (non-hydrogen) atoms. The van der Waals surface area contributed by atoms with Gasteiger partial charge in [0.05, 0.1) is 6.61 Å². The second kappa shape index (κ2) is 5.82. The van der Waals surface area contributed by atoms with Crippen molar-refractivity contribution in [2.45, 2.75) is 26.3 Å². The zero-order chi connectivity index (χ0) is 12.1. The van der Waals surface area contributed by atoms with Crippen LogP contribution in [0.2, 0.25) is 5.15 Å². The molecular formula is C11H15ClN2O2. The van der Waals surface area contributed by atoms with Gasteiger partial charge in [-0.2, -0.15) is 0 Å². The molecule has 0 bridgehead atoms. The van der Waals surface area contributed by atoms with Gasteiger partial charge < -0.3 is 10.4 Å². The van der Waals surface area contributed by atoms with E-state index in [4.69, 9.17) is 16.7 Å². The molecule has 1 unspecified atom stereocenters. The Labute approximate surface area is 99.6 Å². The number of nitrogens with zero attached hydrogens (tertiary/aromatic N) is 1.